The number of rotatable bonds is 1. The van der Waals surface area contributed by atoms with E-state index in [0.717, 1.165) is 18.7 Å². The normalized spacial score (nSPS) is 16.9. The van der Waals surface area contributed by atoms with Gasteiger partial charge in [0.15, 0.2) is 0 Å². The van der Waals surface area contributed by atoms with Gasteiger partial charge in [-0.05, 0) is 25.1 Å². The number of carbonyl (C=O) groups excluding carboxylic acids is 1. The highest BCUT2D eigenvalue weighted by molar-refractivity contribution is 5.94. The molecule has 1 aliphatic heterocycles. The summed E-state index contributed by atoms with van der Waals surface area (Å²) in [6.45, 7) is 2.04. The third-order valence-corrected chi connectivity index (χ3v) is 3.16. The lowest BCUT2D eigenvalue weighted by molar-refractivity contribution is -0.140. The van der Waals surface area contributed by atoms with Crippen molar-refractivity contribution in [2.75, 3.05) is 26.2 Å². The van der Waals surface area contributed by atoms with E-state index in [1.165, 1.54) is 4.90 Å². The van der Waals surface area contributed by atoms with Crippen LogP contribution in [0.1, 0.15) is 22.3 Å². The highest BCUT2D eigenvalue weighted by Gasteiger charge is 2.36. The van der Waals surface area contributed by atoms with Gasteiger partial charge in [0, 0.05) is 19.6 Å². The summed E-state index contributed by atoms with van der Waals surface area (Å²) >= 11 is 0. The van der Waals surface area contributed by atoms with Crippen molar-refractivity contribution in [3.63, 3.8) is 0 Å². The first-order valence-electron chi connectivity index (χ1n) is 6.27. The molecule has 0 bridgehead atoms. The van der Waals surface area contributed by atoms with Crippen LogP contribution >= 0.6 is 0 Å². The molecule has 0 unspecified atom stereocenters. The van der Waals surface area contributed by atoms with Crippen molar-refractivity contribution in [2.24, 2.45) is 0 Å². The summed E-state index contributed by atoms with van der Waals surface area (Å²) < 4.78 is 51.8. The van der Waals surface area contributed by atoms with Crippen LogP contribution in [0.5, 0.6) is 0 Å². The van der Waals surface area contributed by atoms with Gasteiger partial charge >= 0.3 is 6.18 Å². The number of amides is 1. The Bertz CT molecular complexity index is 494. The Balaban J connectivity index is 2.30. The summed E-state index contributed by atoms with van der Waals surface area (Å²) in [6.07, 6.45) is -4.12. The number of nitrogens with zero attached hydrogens (tertiary/aromatic N) is 1. The lowest BCUT2D eigenvalue weighted by atomic mass is 10.1. The number of benzene rings is 1. The van der Waals surface area contributed by atoms with Gasteiger partial charge in [0.2, 0.25) is 0 Å². The summed E-state index contributed by atoms with van der Waals surface area (Å²) in [7, 11) is 0. The van der Waals surface area contributed by atoms with Crippen molar-refractivity contribution in [3.8, 4) is 0 Å². The van der Waals surface area contributed by atoms with E-state index in [1.807, 2.05) is 0 Å². The number of alkyl halides is 3. The summed E-state index contributed by atoms with van der Waals surface area (Å²) in [5.41, 5.74) is -1.93. The molecule has 0 radical (unpaired) electrons. The average molecular weight is 290 g/mol. The topological polar surface area (TPSA) is 32.3 Å². The van der Waals surface area contributed by atoms with E-state index in [9.17, 15) is 22.4 Å². The lowest BCUT2D eigenvalue weighted by Crippen LogP contribution is -2.35. The molecule has 110 valence electrons. The van der Waals surface area contributed by atoms with Crippen LogP contribution < -0.4 is 5.32 Å². The fourth-order valence-electron chi connectivity index (χ4n) is 2.14. The van der Waals surface area contributed by atoms with Crippen molar-refractivity contribution >= 4 is 5.91 Å². The molecular weight excluding hydrogens is 276 g/mol. The predicted molar refractivity (Wildman–Crippen MR) is 64.8 cm³/mol. The third-order valence-electron chi connectivity index (χ3n) is 3.16. The molecule has 1 aromatic carbocycles. The smallest absolute Gasteiger partial charge is 0.337 e. The van der Waals surface area contributed by atoms with E-state index < -0.39 is 29.0 Å². The lowest BCUT2D eigenvalue weighted by Gasteiger charge is -2.21. The first kappa shape index (κ1) is 14.8. The molecule has 1 aromatic rings. The van der Waals surface area contributed by atoms with Gasteiger partial charge in [0.05, 0.1) is 11.1 Å². The number of carbonyl (C=O) groups is 1. The Morgan fingerprint density at radius 3 is 2.65 bits per heavy atom. The van der Waals surface area contributed by atoms with Gasteiger partial charge < -0.3 is 10.2 Å². The SMILES string of the molecule is O=C(c1cccc(C(F)(F)F)c1F)N1CCCNCC1. The number of hydrogen-bond donors (Lipinski definition) is 1. The molecular formula is C13H14F4N2O. The Kier molecular flexibility index (Phi) is 4.27. The summed E-state index contributed by atoms with van der Waals surface area (Å²) in [5.74, 6) is -2.19. The number of nitrogens with one attached hydrogen (secondary N) is 1. The Labute approximate surface area is 113 Å². The van der Waals surface area contributed by atoms with Gasteiger partial charge in [0.25, 0.3) is 5.91 Å². The highest BCUT2D eigenvalue weighted by Crippen LogP contribution is 2.32. The van der Waals surface area contributed by atoms with Crippen LogP contribution in [-0.4, -0.2) is 37.0 Å². The van der Waals surface area contributed by atoms with Crippen molar-refractivity contribution in [1.29, 1.82) is 0 Å². The minimum atomic E-state index is -4.80. The molecule has 0 saturated carbocycles. The highest BCUT2D eigenvalue weighted by atomic mass is 19.4. The van der Waals surface area contributed by atoms with E-state index in [1.54, 1.807) is 0 Å². The zero-order chi connectivity index (χ0) is 14.8. The predicted octanol–water partition coefficient (Wildman–Crippen LogP) is 2.28. The van der Waals surface area contributed by atoms with Crippen LogP contribution in [-0.2, 0) is 6.18 Å². The zero-order valence-corrected chi connectivity index (χ0v) is 10.6. The standard InChI is InChI=1S/C13H14F4N2O/c14-11-9(3-1-4-10(11)13(15,16)17)12(20)19-7-2-5-18-6-8-19/h1,3-4,18H,2,5-8H2. The summed E-state index contributed by atoms with van der Waals surface area (Å²) in [6, 6.07) is 2.77. The quantitative estimate of drug-likeness (QED) is 0.805. The molecule has 1 aliphatic rings. The van der Waals surface area contributed by atoms with Crippen LogP contribution in [0.4, 0.5) is 17.6 Å². The number of halogens is 4. The molecule has 1 heterocycles. The van der Waals surface area contributed by atoms with E-state index in [4.69, 9.17) is 0 Å². The molecule has 2 rings (SSSR count). The molecule has 1 N–H and O–H groups in total. The second-order valence-corrected chi connectivity index (χ2v) is 4.56. The van der Waals surface area contributed by atoms with Crippen molar-refractivity contribution in [3.05, 3.63) is 35.1 Å². The Hall–Kier alpha value is -1.63. The molecule has 1 amide bonds. The van der Waals surface area contributed by atoms with Gasteiger partial charge in [0.1, 0.15) is 5.82 Å². The second-order valence-electron chi connectivity index (χ2n) is 4.56. The molecule has 20 heavy (non-hydrogen) atoms. The van der Waals surface area contributed by atoms with Crippen molar-refractivity contribution < 1.29 is 22.4 Å². The van der Waals surface area contributed by atoms with Gasteiger partial charge in [-0.15, -0.1) is 0 Å². The average Bonchev–Trinajstić information content (AvgIpc) is 2.65. The minimum Gasteiger partial charge on any atom is -0.337 e. The molecule has 3 nitrogen and oxygen atoms in total. The Morgan fingerprint density at radius 1 is 1.20 bits per heavy atom. The maximum Gasteiger partial charge on any atom is 0.419 e. The van der Waals surface area contributed by atoms with Crippen molar-refractivity contribution in [1.82, 2.24) is 10.2 Å². The number of hydrogen-bond acceptors (Lipinski definition) is 2. The molecule has 1 saturated heterocycles. The molecule has 0 atom stereocenters. The van der Waals surface area contributed by atoms with E-state index in [2.05, 4.69) is 5.32 Å². The van der Waals surface area contributed by atoms with E-state index >= 15 is 0 Å². The Morgan fingerprint density at radius 2 is 1.95 bits per heavy atom. The maximum absolute atomic E-state index is 13.9. The first-order chi connectivity index (χ1) is 9.41. The minimum absolute atomic E-state index is 0.356. The van der Waals surface area contributed by atoms with Gasteiger partial charge in [-0.1, -0.05) is 6.07 Å². The van der Waals surface area contributed by atoms with Crippen LogP contribution in [0, 0.1) is 5.82 Å². The monoisotopic (exact) mass is 290 g/mol. The van der Waals surface area contributed by atoms with Crippen molar-refractivity contribution in [2.45, 2.75) is 12.6 Å². The maximum atomic E-state index is 13.9. The van der Waals surface area contributed by atoms with E-state index in [-0.39, 0.29) is 0 Å². The van der Waals surface area contributed by atoms with Crippen LogP contribution in [0.2, 0.25) is 0 Å². The largest absolute Gasteiger partial charge is 0.419 e. The van der Waals surface area contributed by atoms with Gasteiger partial charge in [-0.2, -0.15) is 13.2 Å². The molecule has 0 spiro atoms. The third kappa shape index (κ3) is 3.09. The van der Waals surface area contributed by atoms with Crippen LogP contribution in [0.3, 0.4) is 0 Å². The fraction of sp³-hybridized carbons (Fsp3) is 0.462. The first-order valence-corrected chi connectivity index (χ1v) is 6.27. The summed E-state index contributed by atoms with van der Waals surface area (Å²) in [5, 5.41) is 3.07. The zero-order valence-electron chi connectivity index (χ0n) is 10.6. The summed E-state index contributed by atoms with van der Waals surface area (Å²) in [4.78, 5) is 13.5. The molecule has 0 aliphatic carbocycles. The molecule has 7 heteroatoms. The fourth-order valence-corrected chi connectivity index (χ4v) is 2.14. The van der Waals surface area contributed by atoms with Gasteiger partial charge in [-0.3, -0.25) is 4.79 Å². The van der Waals surface area contributed by atoms with Crippen LogP contribution in [0.15, 0.2) is 18.2 Å². The second kappa shape index (κ2) is 5.78. The molecule has 0 aromatic heterocycles. The van der Waals surface area contributed by atoms with E-state index in [0.29, 0.717) is 32.1 Å². The molecule has 1 fully saturated rings. The van der Waals surface area contributed by atoms with Gasteiger partial charge in [-0.25, -0.2) is 4.39 Å². The van der Waals surface area contributed by atoms with Crippen LogP contribution in [0.25, 0.3) is 0 Å².